The fraction of sp³-hybridized carbons (Fsp3) is 0.643. The Balaban J connectivity index is 1.29. The summed E-state index contributed by atoms with van der Waals surface area (Å²) in [4.78, 5) is 0. The molecule has 0 amide bonds. The van der Waals surface area contributed by atoms with Crippen LogP contribution in [0.15, 0.2) is 43.0 Å². The molecule has 3 fully saturated rings. The summed E-state index contributed by atoms with van der Waals surface area (Å²) in [6.45, 7) is 6.23. The van der Waals surface area contributed by atoms with Crippen molar-refractivity contribution in [3.05, 3.63) is 54.4 Å². The number of allylic oxidation sites excluding steroid dienone is 2. The molecule has 1 aromatic carbocycles. The number of hydrogen-bond donors (Lipinski definition) is 0. The van der Waals surface area contributed by atoms with E-state index in [2.05, 4.69) is 25.7 Å². The summed E-state index contributed by atoms with van der Waals surface area (Å²) in [5.74, 6) is 5.46. The smallest absolute Gasteiger partial charge is 0.130 e. The lowest BCUT2D eigenvalue weighted by Crippen LogP contribution is -2.34. The van der Waals surface area contributed by atoms with Crippen LogP contribution in [0.2, 0.25) is 0 Å². The van der Waals surface area contributed by atoms with Gasteiger partial charge in [-0.15, -0.1) is 0 Å². The van der Waals surface area contributed by atoms with Gasteiger partial charge in [-0.3, -0.25) is 0 Å². The van der Waals surface area contributed by atoms with Gasteiger partial charge in [0, 0.05) is 6.07 Å². The molecule has 0 saturated heterocycles. The summed E-state index contributed by atoms with van der Waals surface area (Å²) in [5.41, 5.74) is 0.894. The minimum Gasteiger partial charge on any atom is -0.489 e. The summed E-state index contributed by atoms with van der Waals surface area (Å²) in [7, 11) is 0. The highest BCUT2D eigenvalue weighted by atomic mass is 19.1. The third kappa shape index (κ3) is 5.01. The summed E-state index contributed by atoms with van der Waals surface area (Å²) in [5, 5.41) is 0. The molecule has 1 nitrogen and oxygen atoms in total. The molecule has 3 aliphatic rings. The first-order valence-electron chi connectivity index (χ1n) is 12.3. The van der Waals surface area contributed by atoms with Gasteiger partial charge in [-0.25, -0.2) is 4.39 Å². The molecule has 30 heavy (non-hydrogen) atoms. The Kier molecular flexibility index (Phi) is 7.33. The fourth-order valence-corrected chi connectivity index (χ4v) is 6.82. The van der Waals surface area contributed by atoms with Crippen LogP contribution in [-0.4, -0.2) is 6.61 Å². The molecule has 0 bridgehead atoms. The van der Waals surface area contributed by atoms with E-state index in [0.717, 1.165) is 48.0 Å². The van der Waals surface area contributed by atoms with Crippen molar-refractivity contribution in [1.29, 1.82) is 0 Å². The van der Waals surface area contributed by atoms with E-state index in [1.165, 1.54) is 51.4 Å². The quantitative estimate of drug-likeness (QED) is 0.431. The number of hydrogen-bond acceptors (Lipinski definition) is 1. The fourth-order valence-electron chi connectivity index (χ4n) is 6.82. The van der Waals surface area contributed by atoms with Gasteiger partial charge in [0.2, 0.25) is 0 Å². The van der Waals surface area contributed by atoms with E-state index >= 15 is 0 Å². The summed E-state index contributed by atoms with van der Waals surface area (Å²) in [6, 6.07) is 5.42. The molecule has 2 heteroatoms. The van der Waals surface area contributed by atoms with Gasteiger partial charge >= 0.3 is 0 Å². The highest BCUT2D eigenvalue weighted by Crippen LogP contribution is 2.50. The van der Waals surface area contributed by atoms with E-state index in [1.54, 1.807) is 12.1 Å². The van der Waals surface area contributed by atoms with E-state index in [-0.39, 0.29) is 5.82 Å². The van der Waals surface area contributed by atoms with Crippen molar-refractivity contribution in [2.75, 3.05) is 6.61 Å². The maximum absolute atomic E-state index is 14.7. The number of ether oxygens (including phenoxy) is 1. The van der Waals surface area contributed by atoms with Crippen molar-refractivity contribution in [1.82, 2.24) is 0 Å². The zero-order valence-corrected chi connectivity index (χ0v) is 18.7. The lowest BCUT2D eigenvalue weighted by Gasteiger charge is -2.45. The van der Waals surface area contributed by atoms with Gasteiger partial charge in [-0.2, -0.15) is 0 Å². The molecular weight excluding hydrogens is 371 g/mol. The second-order valence-electron chi connectivity index (χ2n) is 10.1. The van der Waals surface area contributed by atoms with Crippen LogP contribution in [0.5, 0.6) is 5.75 Å². The molecule has 4 unspecified atom stereocenters. The average Bonchev–Trinajstić information content (AvgIpc) is 2.78. The van der Waals surface area contributed by atoms with Gasteiger partial charge < -0.3 is 4.74 Å². The molecule has 3 aliphatic carbocycles. The minimum atomic E-state index is -0.0987. The first-order valence-corrected chi connectivity index (χ1v) is 12.3. The number of rotatable bonds is 6. The van der Waals surface area contributed by atoms with E-state index in [0.29, 0.717) is 18.3 Å². The van der Waals surface area contributed by atoms with Crippen LogP contribution >= 0.6 is 0 Å². The Labute approximate surface area is 182 Å². The molecule has 0 spiro atoms. The second-order valence-corrected chi connectivity index (χ2v) is 10.1. The van der Waals surface area contributed by atoms with Gasteiger partial charge in [0.25, 0.3) is 0 Å². The van der Waals surface area contributed by atoms with Crippen LogP contribution in [0.3, 0.4) is 0 Å². The van der Waals surface area contributed by atoms with Crippen molar-refractivity contribution < 1.29 is 9.13 Å². The first-order chi connectivity index (χ1) is 14.7. The van der Waals surface area contributed by atoms with Gasteiger partial charge in [-0.1, -0.05) is 30.9 Å². The van der Waals surface area contributed by atoms with E-state index < -0.39 is 0 Å². The highest BCUT2D eigenvalue weighted by molar-refractivity contribution is 5.31. The highest BCUT2D eigenvalue weighted by Gasteiger charge is 2.38. The van der Waals surface area contributed by atoms with Crippen molar-refractivity contribution in [3.8, 4) is 5.75 Å². The maximum atomic E-state index is 14.7. The molecule has 0 N–H and O–H groups in total. The van der Waals surface area contributed by atoms with Gasteiger partial charge in [0.15, 0.2) is 0 Å². The molecule has 1 aromatic rings. The second kappa shape index (κ2) is 10.2. The normalized spacial score (nSPS) is 34.5. The average molecular weight is 411 g/mol. The van der Waals surface area contributed by atoms with Crippen molar-refractivity contribution >= 4 is 0 Å². The predicted molar refractivity (Wildman–Crippen MR) is 123 cm³/mol. The first kappa shape index (κ1) is 21.7. The monoisotopic (exact) mass is 410 g/mol. The molecule has 0 aromatic heterocycles. The third-order valence-electron chi connectivity index (χ3n) is 8.38. The van der Waals surface area contributed by atoms with E-state index in [1.807, 2.05) is 12.1 Å². The van der Waals surface area contributed by atoms with Crippen LogP contribution in [0.4, 0.5) is 4.39 Å². The van der Waals surface area contributed by atoms with Crippen LogP contribution < -0.4 is 4.74 Å². The summed E-state index contributed by atoms with van der Waals surface area (Å²) >= 11 is 0. The predicted octanol–water partition coefficient (Wildman–Crippen LogP) is 8.07. The third-order valence-corrected chi connectivity index (χ3v) is 8.38. The maximum Gasteiger partial charge on any atom is 0.130 e. The largest absolute Gasteiger partial charge is 0.489 e. The Hall–Kier alpha value is -1.57. The number of halogens is 1. The Morgan fingerprint density at radius 1 is 0.933 bits per heavy atom. The molecule has 3 saturated carbocycles. The number of benzene rings is 1. The molecule has 0 heterocycles. The standard InChI is InChI=1S/C28H39FO/c1-3-5-20-6-7-25-18-24(13-12-23(25)17-20)21-8-10-22(11-9-21)27-15-14-26(19-28(27)29)30-16-4-2/h3-5,14-15,19-25H,2,6-13,16-18H2,1H3/b5-3+. The molecule has 0 radical (unpaired) electrons. The van der Waals surface area contributed by atoms with Crippen LogP contribution in [0, 0.1) is 35.4 Å². The Bertz CT molecular complexity index is 730. The lowest BCUT2D eigenvalue weighted by molar-refractivity contribution is 0.0717. The Morgan fingerprint density at radius 2 is 1.60 bits per heavy atom. The minimum absolute atomic E-state index is 0.0987. The van der Waals surface area contributed by atoms with Crippen molar-refractivity contribution in [2.45, 2.75) is 77.0 Å². The van der Waals surface area contributed by atoms with E-state index in [4.69, 9.17) is 4.74 Å². The van der Waals surface area contributed by atoms with Crippen LogP contribution in [0.25, 0.3) is 0 Å². The summed E-state index contributed by atoms with van der Waals surface area (Å²) in [6.07, 6.45) is 19.8. The molecular formula is C28H39FO. The van der Waals surface area contributed by atoms with Gasteiger partial charge in [0.05, 0.1) is 0 Å². The number of fused-ring (bicyclic) bond motifs is 1. The van der Waals surface area contributed by atoms with Crippen molar-refractivity contribution in [3.63, 3.8) is 0 Å². The zero-order chi connectivity index (χ0) is 20.9. The zero-order valence-electron chi connectivity index (χ0n) is 18.7. The Morgan fingerprint density at radius 3 is 2.30 bits per heavy atom. The summed E-state index contributed by atoms with van der Waals surface area (Å²) < 4.78 is 20.2. The van der Waals surface area contributed by atoms with Gasteiger partial charge in [-0.05, 0) is 118 Å². The topological polar surface area (TPSA) is 9.23 Å². The van der Waals surface area contributed by atoms with Crippen LogP contribution in [-0.2, 0) is 0 Å². The SMILES string of the molecule is C=CCOc1ccc(C2CCC(C3CCC4CC(/C=C/C)CCC4C3)CC2)c(F)c1. The van der Waals surface area contributed by atoms with Crippen LogP contribution in [0.1, 0.15) is 82.6 Å². The lowest BCUT2D eigenvalue weighted by atomic mass is 9.61. The van der Waals surface area contributed by atoms with Gasteiger partial charge in [0.1, 0.15) is 18.2 Å². The molecule has 0 aliphatic heterocycles. The van der Waals surface area contributed by atoms with E-state index in [9.17, 15) is 4.39 Å². The molecule has 4 rings (SSSR count). The van der Waals surface area contributed by atoms with Crippen molar-refractivity contribution in [2.24, 2.45) is 29.6 Å². The molecule has 4 atom stereocenters. The molecule has 164 valence electrons.